The molecule has 2 rings (SSSR count). The van der Waals surface area contributed by atoms with E-state index in [1.165, 1.54) is 0 Å². The van der Waals surface area contributed by atoms with Crippen molar-refractivity contribution in [2.75, 3.05) is 25.1 Å². The second kappa shape index (κ2) is 5.61. The molecule has 1 heterocycles. The first kappa shape index (κ1) is 15.7. The Morgan fingerprint density at radius 1 is 1.40 bits per heavy atom. The highest BCUT2D eigenvalue weighted by Crippen LogP contribution is 2.35. The summed E-state index contributed by atoms with van der Waals surface area (Å²) in [5.74, 6) is -0.331. The van der Waals surface area contributed by atoms with Gasteiger partial charge < -0.3 is 10.4 Å². The fraction of sp³-hybridized carbons (Fsp3) is 0.923. The van der Waals surface area contributed by atoms with Crippen LogP contribution < -0.4 is 5.32 Å². The third kappa shape index (κ3) is 2.99. The molecule has 2 aliphatic rings. The van der Waals surface area contributed by atoms with Crippen molar-refractivity contribution in [3.05, 3.63) is 0 Å². The Balaban J connectivity index is 2.03. The molecule has 2 fully saturated rings. The van der Waals surface area contributed by atoms with E-state index in [2.05, 4.69) is 10.2 Å². The van der Waals surface area contributed by atoms with E-state index in [1.807, 2.05) is 14.0 Å². The van der Waals surface area contributed by atoms with Gasteiger partial charge in [-0.1, -0.05) is 6.92 Å². The zero-order valence-corrected chi connectivity index (χ0v) is 12.9. The minimum absolute atomic E-state index is 0.0382. The van der Waals surface area contributed by atoms with E-state index in [0.29, 0.717) is 25.8 Å². The van der Waals surface area contributed by atoms with Crippen LogP contribution in [0, 0.1) is 0 Å². The topological polar surface area (TPSA) is 86.7 Å². The molecule has 0 spiro atoms. The minimum atomic E-state index is -2.90. The molecule has 0 radical (unpaired) electrons. The second-order valence-corrected chi connectivity index (χ2v) is 8.27. The van der Waals surface area contributed by atoms with Crippen LogP contribution in [-0.4, -0.2) is 67.1 Å². The molecular formula is C13H24N2O4S. The Morgan fingerprint density at radius 3 is 2.60 bits per heavy atom. The molecule has 0 amide bonds. The van der Waals surface area contributed by atoms with Crippen molar-refractivity contribution >= 4 is 15.8 Å². The lowest BCUT2D eigenvalue weighted by Gasteiger charge is -2.31. The standard InChI is InChI=1S/C13H24N2O4S/c1-3-14-13(12(16)17)6-4-10(8-13)15(2)11-5-7-20(18,19)9-11/h10-11,14H,3-9H2,1-2H3,(H,16,17). The summed E-state index contributed by atoms with van der Waals surface area (Å²) in [6.07, 6.45) is 2.61. The van der Waals surface area contributed by atoms with Gasteiger partial charge in [0.2, 0.25) is 0 Å². The number of carbonyl (C=O) groups is 1. The van der Waals surface area contributed by atoms with Crippen LogP contribution in [0.15, 0.2) is 0 Å². The molecule has 3 atom stereocenters. The number of aliphatic carboxylic acids is 1. The molecule has 0 aromatic carbocycles. The average Bonchev–Trinajstić information content (AvgIpc) is 2.94. The second-order valence-electron chi connectivity index (χ2n) is 6.04. The van der Waals surface area contributed by atoms with Gasteiger partial charge in [-0.3, -0.25) is 9.69 Å². The monoisotopic (exact) mass is 304 g/mol. The Morgan fingerprint density at radius 2 is 2.10 bits per heavy atom. The molecule has 2 N–H and O–H groups in total. The lowest BCUT2D eigenvalue weighted by Crippen LogP contribution is -2.51. The molecule has 0 aromatic heterocycles. The lowest BCUT2D eigenvalue weighted by atomic mass is 9.97. The summed E-state index contributed by atoms with van der Waals surface area (Å²) in [5.41, 5.74) is -0.842. The van der Waals surface area contributed by atoms with Gasteiger partial charge in [-0.2, -0.15) is 0 Å². The van der Waals surface area contributed by atoms with Crippen molar-refractivity contribution in [1.82, 2.24) is 10.2 Å². The van der Waals surface area contributed by atoms with Gasteiger partial charge in [0.05, 0.1) is 11.5 Å². The van der Waals surface area contributed by atoms with E-state index in [0.717, 1.165) is 6.42 Å². The van der Waals surface area contributed by atoms with E-state index in [4.69, 9.17) is 0 Å². The van der Waals surface area contributed by atoms with E-state index < -0.39 is 21.3 Å². The summed E-state index contributed by atoms with van der Waals surface area (Å²) in [4.78, 5) is 13.6. The first-order valence-corrected chi connectivity index (χ1v) is 9.02. The fourth-order valence-electron chi connectivity index (χ4n) is 3.53. The van der Waals surface area contributed by atoms with Crippen molar-refractivity contribution in [1.29, 1.82) is 0 Å². The predicted octanol–water partition coefficient (Wildman–Crippen LogP) is 0.0907. The number of sulfone groups is 1. The number of carboxylic acid groups (broad SMARTS) is 1. The summed E-state index contributed by atoms with van der Waals surface area (Å²) < 4.78 is 23.1. The average molecular weight is 304 g/mol. The van der Waals surface area contributed by atoms with Crippen LogP contribution in [0.2, 0.25) is 0 Å². The number of nitrogens with zero attached hydrogens (tertiary/aromatic N) is 1. The summed E-state index contributed by atoms with van der Waals surface area (Å²) in [5, 5.41) is 12.6. The van der Waals surface area contributed by atoms with Gasteiger partial charge in [-0.15, -0.1) is 0 Å². The first-order chi connectivity index (χ1) is 9.30. The van der Waals surface area contributed by atoms with Crippen LogP contribution >= 0.6 is 0 Å². The van der Waals surface area contributed by atoms with Crippen molar-refractivity contribution in [3.8, 4) is 0 Å². The van der Waals surface area contributed by atoms with Gasteiger partial charge in [0.25, 0.3) is 0 Å². The van der Waals surface area contributed by atoms with E-state index >= 15 is 0 Å². The Hall–Kier alpha value is -0.660. The van der Waals surface area contributed by atoms with Gasteiger partial charge in [0.1, 0.15) is 5.54 Å². The number of rotatable bonds is 5. The van der Waals surface area contributed by atoms with Crippen molar-refractivity contribution in [2.24, 2.45) is 0 Å². The zero-order chi connectivity index (χ0) is 15.0. The Kier molecular flexibility index (Phi) is 4.41. The predicted molar refractivity (Wildman–Crippen MR) is 76.5 cm³/mol. The number of likely N-dealkylation sites (N-methyl/N-ethyl adjacent to an activating group) is 1. The molecule has 6 nitrogen and oxygen atoms in total. The van der Waals surface area contributed by atoms with Crippen molar-refractivity contribution in [2.45, 2.75) is 50.2 Å². The zero-order valence-electron chi connectivity index (χ0n) is 12.1. The van der Waals surface area contributed by atoms with E-state index in [9.17, 15) is 18.3 Å². The summed E-state index contributed by atoms with van der Waals surface area (Å²) in [6.45, 7) is 2.53. The summed E-state index contributed by atoms with van der Waals surface area (Å²) >= 11 is 0. The maximum atomic E-state index is 11.6. The van der Waals surface area contributed by atoms with E-state index in [1.54, 1.807) is 0 Å². The van der Waals surface area contributed by atoms with Crippen LogP contribution in [0.25, 0.3) is 0 Å². The van der Waals surface area contributed by atoms with Gasteiger partial charge in [0, 0.05) is 12.1 Å². The molecule has 1 saturated carbocycles. The molecule has 1 saturated heterocycles. The molecule has 0 aromatic rings. The van der Waals surface area contributed by atoms with Gasteiger partial charge in [0.15, 0.2) is 9.84 Å². The maximum absolute atomic E-state index is 11.6. The van der Waals surface area contributed by atoms with Crippen LogP contribution in [0.1, 0.15) is 32.6 Å². The highest BCUT2D eigenvalue weighted by atomic mass is 32.2. The highest BCUT2D eigenvalue weighted by Gasteiger charge is 2.47. The maximum Gasteiger partial charge on any atom is 0.323 e. The summed E-state index contributed by atoms with van der Waals surface area (Å²) in [7, 11) is -0.968. The third-order valence-electron chi connectivity index (χ3n) is 4.77. The van der Waals surface area contributed by atoms with Gasteiger partial charge in [-0.05, 0) is 39.3 Å². The van der Waals surface area contributed by atoms with Gasteiger partial charge in [-0.25, -0.2) is 8.42 Å². The molecule has 3 unspecified atom stereocenters. The van der Waals surface area contributed by atoms with Crippen LogP contribution in [0.3, 0.4) is 0 Å². The van der Waals surface area contributed by atoms with Crippen LogP contribution in [0.4, 0.5) is 0 Å². The van der Waals surface area contributed by atoms with Crippen LogP contribution in [0.5, 0.6) is 0 Å². The SMILES string of the molecule is CCNC1(C(=O)O)CCC(N(C)C2CCS(=O)(=O)C2)C1. The lowest BCUT2D eigenvalue weighted by molar-refractivity contribution is -0.144. The fourth-order valence-corrected chi connectivity index (χ4v) is 5.32. The number of hydrogen-bond donors (Lipinski definition) is 2. The molecule has 1 aliphatic heterocycles. The first-order valence-electron chi connectivity index (χ1n) is 7.20. The normalized spacial score (nSPS) is 36.5. The molecular weight excluding hydrogens is 280 g/mol. The van der Waals surface area contributed by atoms with Crippen LogP contribution in [-0.2, 0) is 14.6 Å². The Bertz CT molecular complexity index is 479. The third-order valence-corrected chi connectivity index (χ3v) is 6.52. The Labute approximate surface area is 120 Å². The summed E-state index contributed by atoms with van der Waals surface area (Å²) in [6, 6.07) is 0.180. The highest BCUT2D eigenvalue weighted by molar-refractivity contribution is 7.91. The van der Waals surface area contributed by atoms with Crippen molar-refractivity contribution in [3.63, 3.8) is 0 Å². The molecule has 116 valence electrons. The number of hydrogen-bond acceptors (Lipinski definition) is 5. The quantitative estimate of drug-likeness (QED) is 0.748. The largest absolute Gasteiger partial charge is 0.480 e. The minimum Gasteiger partial charge on any atom is -0.480 e. The van der Waals surface area contributed by atoms with E-state index in [-0.39, 0.29) is 23.6 Å². The smallest absolute Gasteiger partial charge is 0.323 e. The molecule has 0 bridgehead atoms. The number of nitrogens with one attached hydrogen (secondary N) is 1. The molecule has 7 heteroatoms. The number of carboxylic acids is 1. The van der Waals surface area contributed by atoms with Crippen molar-refractivity contribution < 1.29 is 18.3 Å². The molecule has 20 heavy (non-hydrogen) atoms. The van der Waals surface area contributed by atoms with Gasteiger partial charge >= 0.3 is 5.97 Å². The molecule has 1 aliphatic carbocycles.